The summed E-state index contributed by atoms with van der Waals surface area (Å²) in [5.74, 6) is 0.903. The van der Waals surface area contributed by atoms with Crippen LogP contribution in [0.1, 0.15) is 23.2 Å². The summed E-state index contributed by atoms with van der Waals surface area (Å²) in [6.07, 6.45) is 1.70. The number of hydrogen-bond acceptors (Lipinski definition) is 5. The molecule has 1 fully saturated rings. The first-order valence-corrected chi connectivity index (χ1v) is 8.54. The fourth-order valence-corrected chi connectivity index (χ4v) is 3.07. The molecule has 0 N–H and O–H groups in total. The number of rotatable bonds is 4. The van der Waals surface area contributed by atoms with E-state index in [1.54, 1.807) is 12.1 Å². The standard InChI is InChI=1S/C17H18BrN3O3/c1-23-15-7-8-16(20-19-15)24-14-6-3-9-21(11-14)17(22)12-4-2-5-13(18)10-12/h2,4-5,7-8,10,14H,3,6,9,11H2,1H3. The number of piperidine rings is 1. The molecule has 0 spiro atoms. The number of likely N-dealkylation sites (tertiary alicyclic amines) is 1. The Morgan fingerprint density at radius 3 is 2.75 bits per heavy atom. The van der Waals surface area contributed by atoms with Crippen molar-refractivity contribution in [3.05, 3.63) is 46.4 Å². The van der Waals surface area contributed by atoms with E-state index in [2.05, 4.69) is 26.1 Å². The first-order chi connectivity index (χ1) is 11.7. The summed E-state index contributed by atoms with van der Waals surface area (Å²) < 4.78 is 11.7. The Bertz CT molecular complexity index is 708. The molecule has 7 heteroatoms. The van der Waals surface area contributed by atoms with Crippen molar-refractivity contribution in [2.75, 3.05) is 20.2 Å². The number of benzene rings is 1. The topological polar surface area (TPSA) is 64.6 Å². The number of carbonyl (C=O) groups excluding carboxylic acids is 1. The van der Waals surface area contributed by atoms with E-state index < -0.39 is 0 Å². The second kappa shape index (κ2) is 7.61. The predicted molar refractivity (Wildman–Crippen MR) is 92.3 cm³/mol. The number of ether oxygens (including phenoxy) is 2. The predicted octanol–water partition coefficient (Wildman–Crippen LogP) is 2.93. The van der Waals surface area contributed by atoms with Crippen molar-refractivity contribution in [2.45, 2.75) is 18.9 Å². The second-order valence-corrected chi connectivity index (χ2v) is 6.47. The maximum absolute atomic E-state index is 12.6. The van der Waals surface area contributed by atoms with Crippen LogP contribution in [0.15, 0.2) is 40.9 Å². The third-order valence-corrected chi connectivity index (χ3v) is 4.34. The summed E-state index contributed by atoms with van der Waals surface area (Å²) in [6, 6.07) is 10.9. The molecular formula is C17H18BrN3O3. The van der Waals surface area contributed by atoms with Crippen molar-refractivity contribution in [1.82, 2.24) is 15.1 Å². The lowest BCUT2D eigenvalue weighted by Gasteiger charge is -2.32. The first kappa shape index (κ1) is 16.7. The lowest BCUT2D eigenvalue weighted by molar-refractivity contribution is 0.0525. The summed E-state index contributed by atoms with van der Waals surface area (Å²) in [6.45, 7) is 1.28. The first-order valence-electron chi connectivity index (χ1n) is 7.75. The minimum Gasteiger partial charge on any atom is -0.480 e. The van der Waals surface area contributed by atoms with Gasteiger partial charge in [0.15, 0.2) is 0 Å². The Morgan fingerprint density at radius 2 is 2.04 bits per heavy atom. The number of nitrogens with zero attached hydrogens (tertiary/aromatic N) is 3. The molecule has 3 rings (SSSR count). The van der Waals surface area contributed by atoms with Gasteiger partial charge in [-0.25, -0.2) is 0 Å². The molecule has 1 atom stereocenters. The quantitative estimate of drug-likeness (QED) is 0.801. The summed E-state index contributed by atoms with van der Waals surface area (Å²) in [5.41, 5.74) is 0.675. The van der Waals surface area contributed by atoms with Crippen molar-refractivity contribution < 1.29 is 14.3 Å². The van der Waals surface area contributed by atoms with E-state index in [0.29, 0.717) is 23.9 Å². The van der Waals surface area contributed by atoms with Crippen LogP contribution in [0.5, 0.6) is 11.8 Å². The van der Waals surface area contributed by atoms with Gasteiger partial charge in [0, 0.05) is 28.7 Å². The lowest BCUT2D eigenvalue weighted by Crippen LogP contribution is -2.44. The summed E-state index contributed by atoms with van der Waals surface area (Å²) in [7, 11) is 1.54. The van der Waals surface area contributed by atoms with E-state index in [1.165, 1.54) is 7.11 Å². The summed E-state index contributed by atoms with van der Waals surface area (Å²) in [5, 5.41) is 7.87. The molecular weight excluding hydrogens is 374 g/mol. The zero-order valence-corrected chi connectivity index (χ0v) is 14.9. The molecule has 1 amide bonds. The van der Waals surface area contributed by atoms with Gasteiger partial charge in [0.25, 0.3) is 5.91 Å². The molecule has 1 aliphatic rings. The molecule has 1 aromatic heterocycles. The van der Waals surface area contributed by atoms with Crippen LogP contribution in [0.25, 0.3) is 0 Å². The van der Waals surface area contributed by atoms with Gasteiger partial charge in [-0.1, -0.05) is 22.0 Å². The van der Waals surface area contributed by atoms with Gasteiger partial charge in [0.05, 0.1) is 13.7 Å². The monoisotopic (exact) mass is 391 g/mol. The van der Waals surface area contributed by atoms with Gasteiger partial charge >= 0.3 is 0 Å². The molecule has 0 saturated carbocycles. The minimum absolute atomic E-state index is 0.0189. The molecule has 0 bridgehead atoms. The Morgan fingerprint density at radius 1 is 1.25 bits per heavy atom. The van der Waals surface area contributed by atoms with E-state index >= 15 is 0 Å². The molecule has 1 aromatic carbocycles. The van der Waals surface area contributed by atoms with E-state index in [0.717, 1.165) is 23.9 Å². The van der Waals surface area contributed by atoms with Crippen molar-refractivity contribution in [3.8, 4) is 11.8 Å². The van der Waals surface area contributed by atoms with Crippen LogP contribution >= 0.6 is 15.9 Å². The molecule has 126 valence electrons. The molecule has 2 heterocycles. The molecule has 0 aliphatic carbocycles. The third kappa shape index (κ3) is 4.03. The van der Waals surface area contributed by atoms with E-state index in [9.17, 15) is 4.79 Å². The van der Waals surface area contributed by atoms with Gasteiger partial charge < -0.3 is 14.4 Å². The van der Waals surface area contributed by atoms with Crippen molar-refractivity contribution in [2.24, 2.45) is 0 Å². The van der Waals surface area contributed by atoms with Crippen LogP contribution in [0, 0.1) is 0 Å². The highest BCUT2D eigenvalue weighted by Crippen LogP contribution is 2.20. The Kier molecular flexibility index (Phi) is 5.30. The minimum atomic E-state index is -0.0856. The van der Waals surface area contributed by atoms with Crippen LogP contribution in [0.2, 0.25) is 0 Å². The highest BCUT2D eigenvalue weighted by atomic mass is 79.9. The summed E-state index contributed by atoms with van der Waals surface area (Å²) >= 11 is 3.40. The third-order valence-electron chi connectivity index (χ3n) is 3.85. The normalized spacial score (nSPS) is 17.4. The molecule has 1 aliphatic heterocycles. The maximum atomic E-state index is 12.6. The molecule has 0 radical (unpaired) electrons. The molecule has 24 heavy (non-hydrogen) atoms. The molecule has 1 unspecified atom stereocenters. The van der Waals surface area contributed by atoms with Gasteiger partial charge in [-0.15, -0.1) is 10.2 Å². The van der Waals surface area contributed by atoms with E-state index in [4.69, 9.17) is 9.47 Å². The van der Waals surface area contributed by atoms with E-state index in [1.807, 2.05) is 29.2 Å². The number of carbonyl (C=O) groups is 1. The van der Waals surface area contributed by atoms with Crippen molar-refractivity contribution in [1.29, 1.82) is 0 Å². The highest BCUT2D eigenvalue weighted by Gasteiger charge is 2.26. The van der Waals surface area contributed by atoms with Gasteiger partial charge in [-0.3, -0.25) is 4.79 Å². The molecule has 6 nitrogen and oxygen atoms in total. The Labute approximate surface area is 148 Å². The number of amides is 1. The van der Waals surface area contributed by atoms with Gasteiger partial charge in [-0.05, 0) is 31.0 Å². The van der Waals surface area contributed by atoms with Crippen molar-refractivity contribution >= 4 is 21.8 Å². The Balaban J connectivity index is 1.64. The van der Waals surface area contributed by atoms with E-state index in [-0.39, 0.29) is 12.0 Å². The molecule has 1 saturated heterocycles. The smallest absolute Gasteiger partial charge is 0.254 e. The largest absolute Gasteiger partial charge is 0.480 e. The molecule has 2 aromatic rings. The van der Waals surface area contributed by atoms with Gasteiger partial charge in [0.1, 0.15) is 6.10 Å². The number of halogens is 1. The van der Waals surface area contributed by atoms with Crippen LogP contribution in [0.3, 0.4) is 0 Å². The zero-order valence-electron chi connectivity index (χ0n) is 13.3. The van der Waals surface area contributed by atoms with Crippen LogP contribution in [-0.2, 0) is 0 Å². The zero-order chi connectivity index (χ0) is 16.9. The number of hydrogen-bond donors (Lipinski definition) is 0. The number of aromatic nitrogens is 2. The highest BCUT2D eigenvalue weighted by molar-refractivity contribution is 9.10. The SMILES string of the molecule is COc1ccc(OC2CCCN(C(=O)c3cccc(Br)c3)C2)nn1. The van der Waals surface area contributed by atoms with Crippen LogP contribution in [0.4, 0.5) is 0 Å². The average molecular weight is 392 g/mol. The van der Waals surface area contributed by atoms with Crippen LogP contribution < -0.4 is 9.47 Å². The van der Waals surface area contributed by atoms with Gasteiger partial charge in [0.2, 0.25) is 11.8 Å². The maximum Gasteiger partial charge on any atom is 0.254 e. The van der Waals surface area contributed by atoms with Gasteiger partial charge in [-0.2, -0.15) is 0 Å². The fourth-order valence-electron chi connectivity index (χ4n) is 2.67. The lowest BCUT2D eigenvalue weighted by atomic mass is 10.1. The fraction of sp³-hybridized carbons (Fsp3) is 0.353. The summed E-state index contributed by atoms with van der Waals surface area (Å²) in [4.78, 5) is 14.5. The number of methoxy groups -OCH3 is 1. The second-order valence-electron chi connectivity index (χ2n) is 5.56. The van der Waals surface area contributed by atoms with Crippen molar-refractivity contribution in [3.63, 3.8) is 0 Å². The Hall–Kier alpha value is -2.15. The van der Waals surface area contributed by atoms with Crippen LogP contribution in [-0.4, -0.2) is 47.3 Å². The average Bonchev–Trinajstić information content (AvgIpc) is 2.62.